The van der Waals surface area contributed by atoms with Crippen molar-refractivity contribution in [3.63, 3.8) is 0 Å². The predicted molar refractivity (Wildman–Crippen MR) is 110 cm³/mol. The molecular weight excluding hydrogens is 376 g/mol. The minimum atomic E-state index is -0.261. The number of carbonyl (C=O) groups is 1. The lowest BCUT2D eigenvalue weighted by molar-refractivity contribution is 0.0937. The van der Waals surface area contributed by atoms with Crippen LogP contribution in [-0.4, -0.2) is 40.9 Å². The Kier molecular flexibility index (Phi) is 6.33. The molecule has 0 saturated carbocycles. The second kappa shape index (κ2) is 8.90. The van der Waals surface area contributed by atoms with Gasteiger partial charge in [0.2, 0.25) is 0 Å². The Morgan fingerprint density at radius 2 is 1.96 bits per heavy atom. The number of thiazole rings is 1. The molecule has 8 heteroatoms. The van der Waals surface area contributed by atoms with Gasteiger partial charge < -0.3 is 10.1 Å². The third kappa shape index (κ3) is 4.35. The number of ether oxygens (including phenoxy) is 1. The van der Waals surface area contributed by atoms with Crippen LogP contribution in [0.3, 0.4) is 0 Å². The zero-order chi connectivity index (χ0) is 20.1. The topological polar surface area (TPSA) is 86.1 Å². The summed E-state index contributed by atoms with van der Waals surface area (Å²) in [6, 6.07) is 12.7. The van der Waals surface area contributed by atoms with Gasteiger partial charge in [0, 0.05) is 25.3 Å². The molecule has 7 nitrogen and oxygen atoms in total. The first kappa shape index (κ1) is 19.9. The normalized spacial score (nSPS) is 11.0. The fourth-order valence-electron chi connectivity index (χ4n) is 2.64. The lowest BCUT2D eigenvalue weighted by Crippen LogP contribution is -2.26. The molecule has 0 aliphatic carbocycles. The van der Waals surface area contributed by atoms with Crippen LogP contribution in [0.25, 0.3) is 21.8 Å². The molecule has 0 spiro atoms. The van der Waals surface area contributed by atoms with Crippen molar-refractivity contribution < 1.29 is 9.53 Å². The molecule has 0 bridgehead atoms. The number of hydrogen-bond donors (Lipinski definition) is 1. The van der Waals surface area contributed by atoms with Crippen molar-refractivity contribution in [3.05, 3.63) is 57.8 Å². The number of benzene rings is 1. The number of hydrogen-bond acceptors (Lipinski definition) is 6. The summed E-state index contributed by atoms with van der Waals surface area (Å²) in [6.45, 7) is 4.63. The Morgan fingerprint density at radius 3 is 2.64 bits per heavy atom. The van der Waals surface area contributed by atoms with Gasteiger partial charge in [-0.05, 0) is 19.9 Å². The van der Waals surface area contributed by atoms with E-state index in [-0.39, 0.29) is 17.5 Å². The van der Waals surface area contributed by atoms with E-state index in [0.29, 0.717) is 29.5 Å². The second-order valence-corrected chi connectivity index (χ2v) is 7.41. The molecule has 1 N–H and O–H groups in total. The highest BCUT2D eigenvalue weighted by Gasteiger charge is 2.20. The monoisotopic (exact) mass is 398 g/mol. The van der Waals surface area contributed by atoms with E-state index in [4.69, 9.17) is 4.74 Å². The van der Waals surface area contributed by atoms with Gasteiger partial charge in [-0.15, -0.1) is 11.3 Å². The molecule has 0 unspecified atom stereocenters. The van der Waals surface area contributed by atoms with Crippen molar-refractivity contribution in [1.29, 1.82) is 0 Å². The van der Waals surface area contributed by atoms with Crippen LogP contribution in [0, 0.1) is 0 Å². The maximum atomic E-state index is 12.5. The number of nitrogens with zero attached hydrogens (tertiary/aromatic N) is 3. The number of carbonyl (C=O) groups excluding carboxylic acids is 1. The Labute approximate surface area is 167 Å². The highest BCUT2D eigenvalue weighted by Crippen LogP contribution is 2.35. The summed E-state index contributed by atoms with van der Waals surface area (Å²) in [5, 5.41) is 7.63. The van der Waals surface area contributed by atoms with E-state index in [0.717, 1.165) is 10.4 Å². The van der Waals surface area contributed by atoms with E-state index in [1.165, 1.54) is 22.1 Å². The Bertz CT molecular complexity index is 1010. The van der Waals surface area contributed by atoms with Crippen LogP contribution in [0.15, 0.2) is 47.3 Å². The average Bonchev–Trinajstić information content (AvgIpc) is 3.14. The Hall–Kier alpha value is -2.84. The molecule has 0 radical (unpaired) electrons. The first-order chi connectivity index (χ1) is 13.5. The van der Waals surface area contributed by atoms with Crippen LogP contribution in [0.1, 0.15) is 29.7 Å². The summed E-state index contributed by atoms with van der Waals surface area (Å²) >= 11 is 1.26. The van der Waals surface area contributed by atoms with Crippen LogP contribution in [0.4, 0.5) is 0 Å². The first-order valence-electron chi connectivity index (χ1n) is 8.95. The van der Waals surface area contributed by atoms with E-state index in [2.05, 4.69) is 15.4 Å². The van der Waals surface area contributed by atoms with Gasteiger partial charge in [-0.1, -0.05) is 30.3 Å². The van der Waals surface area contributed by atoms with Crippen molar-refractivity contribution in [3.8, 4) is 21.8 Å². The maximum Gasteiger partial charge on any atom is 0.280 e. The number of nitrogens with one attached hydrogen (secondary N) is 1. The van der Waals surface area contributed by atoms with Crippen molar-refractivity contribution in [2.75, 3.05) is 20.3 Å². The molecule has 0 aliphatic rings. The zero-order valence-corrected chi connectivity index (χ0v) is 16.8. The van der Waals surface area contributed by atoms with E-state index in [1.807, 2.05) is 44.2 Å². The van der Waals surface area contributed by atoms with Gasteiger partial charge in [-0.3, -0.25) is 9.59 Å². The highest BCUT2D eigenvalue weighted by molar-refractivity contribution is 7.17. The fourth-order valence-corrected chi connectivity index (χ4v) is 3.61. The van der Waals surface area contributed by atoms with Gasteiger partial charge in [0.05, 0.1) is 23.2 Å². The van der Waals surface area contributed by atoms with Crippen molar-refractivity contribution in [2.45, 2.75) is 19.9 Å². The SMILES string of the molecule is COCCNC(=O)c1nc(-c2ccccc2)c(-c2ccc(=O)n(C(C)C)n2)s1. The van der Waals surface area contributed by atoms with Gasteiger partial charge in [0.15, 0.2) is 5.01 Å². The fraction of sp³-hybridized carbons (Fsp3) is 0.300. The lowest BCUT2D eigenvalue weighted by atomic mass is 10.1. The highest BCUT2D eigenvalue weighted by atomic mass is 32.1. The lowest BCUT2D eigenvalue weighted by Gasteiger charge is -2.09. The second-order valence-electron chi connectivity index (χ2n) is 6.41. The number of rotatable bonds is 7. The van der Waals surface area contributed by atoms with Gasteiger partial charge >= 0.3 is 0 Å². The molecule has 0 aliphatic heterocycles. The molecule has 1 amide bonds. The molecule has 0 atom stereocenters. The van der Waals surface area contributed by atoms with Crippen LogP contribution >= 0.6 is 11.3 Å². The van der Waals surface area contributed by atoms with Gasteiger partial charge in [-0.2, -0.15) is 5.10 Å². The molecule has 1 aromatic carbocycles. The smallest absolute Gasteiger partial charge is 0.280 e. The van der Waals surface area contributed by atoms with E-state index in [1.54, 1.807) is 13.2 Å². The average molecular weight is 398 g/mol. The molecule has 3 rings (SSSR count). The van der Waals surface area contributed by atoms with Crippen LogP contribution in [0.5, 0.6) is 0 Å². The summed E-state index contributed by atoms with van der Waals surface area (Å²) < 4.78 is 6.40. The summed E-state index contributed by atoms with van der Waals surface area (Å²) in [5.74, 6) is -0.261. The summed E-state index contributed by atoms with van der Waals surface area (Å²) in [4.78, 5) is 29.9. The summed E-state index contributed by atoms with van der Waals surface area (Å²) in [5.41, 5.74) is 2.00. The van der Waals surface area contributed by atoms with Crippen LogP contribution < -0.4 is 10.9 Å². The Morgan fingerprint density at radius 1 is 1.21 bits per heavy atom. The van der Waals surface area contributed by atoms with Crippen LogP contribution in [0.2, 0.25) is 0 Å². The van der Waals surface area contributed by atoms with E-state index < -0.39 is 0 Å². The number of amides is 1. The minimum Gasteiger partial charge on any atom is -0.383 e. The Balaban J connectivity index is 2.08. The van der Waals surface area contributed by atoms with Gasteiger partial charge in [-0.25, -0.2) is 9.67 Å². The van der Waals surface area contributed by atoms with Gasteiger partial charge in [0.25, 0.3) is 11.5 Å². The molecular formula is C20H22N4O3S. The quantitative estimate of drug-likeness (QED) is 0.619. The minimum absolute atomic E-state index is 0.0719. The largest absolute Gasteiger partial charge is 0.383 e. The van der Waals surface area contributed by atoms with E-state index >= 15 is 0 Å². The van der Waals surface area contributed by atoms with E-state index in [9.17, 15) is 9.59 Å². The summed E-state index contributed by atoms with van der Waals surface area (Å²) in [6.07, 6.45) is 0. The van der Waals surface area contributed by atoms with Crippen molar-refractivity contribution in [2.24, 2.45) is 0 Å². The maximum absolute atomic E-state index is 12.5. The summed E-state index contributed by atoms with van der Waals surface area (Å²) in [7, 11) is 1.58. The number of methoxy groups -OCH3 is 1. The molecule has 146 valence electrons. The standard InChI is InChI=1S/C20H22N4O3S/c1-13(2)24-16(25)10-9-15(23-24)18-17(14-7-5-4-6-8-14)22-20(28-18)19(26)21-11-12-27-3/h4-10,13H,11-12H2,1-3H3,(H,21,26). The third-order valence-corrected chi connectivity index (χ3v) is 5.08. The zero-order valence-electron chi connectivity index (χ0n) is 16.0. The molecule has 28 heavy (non-hydrogen) atoms. The van der Waals surface area contributed by atoms with Crippen molar-refractivity contribution in [1.82, 2.24) is 20.1 Å². The molecule has 0 fully saturated rings. The van der Waals surface area contributed by atoms with Gasteiger partial charge in [0.1, 0.15) is 5.69 Å². The van der Waals surface area contributed by atoms with Crippen LogP contribution in [-0.2, 0) is 4.74 Å². The molecule has 3 aromatic rings. The number of aromatic nitrogens is 3. The van der Waals surface area contributed by atoms with Crippen molar-refractivity contribution >= 4 is 17.2 Å². The molecule has 2 aromatic heterocycles. The predicted octanol–water partition coefficient (Wildman–Crippen LogP) is 2.99. The first-order valence-corrected chi connectivity index (χ1v) is 9.76. The molecule has 2 heterocycles. The third-order valence-electron chi connectivity index (χ3n) is 4.01. The molecule has 0 saturated heterocycles.